The van der Waals surface area contributed by atoms with Crippen molar-refractivity contribution in [1.29, 1.82) is 0 Å². The second-order valence-corrected chi connectivity index (χ2v) is 5.20. The Morgan fingerprint density at radius 2 is 1.91 bits per heavy atom. The van der Waals surface area contributed by atoms with E-state index in [1.807, 2.05) is 0 Å². The van der Waals surface area contributed by atoms with Crippen molar-refractivity contribution in [3.8, 4) is 0 Å². The van der Waals surface area contributed by atoms with Crippen LogP contribution in [0, 0.1) is 21.7 Å². The highest BCUT2D eigenvalue weighted by molar-refractivity contribution is 6.34. The van der Waals surface area contributed by atoms with Gasteiger partial charge in [-0.2, -0.15) is 0 Å². The number of carbonyl (C=O) groups is 1. The molecule has 0 fully saturated rings. The summed E-state index contributed by atoms with van der Waals surface area (Å²) >= 11 is 5.87. The molecule has 23 heavy (non-hydrogen) atoms. The van der Waals surface area contributed by atoms with Gasteiger partial charge in [0.05, 0.1) is 21.6 Å². The molecule has 0 aromatic heterocycles. The normalized spacial score (nSPS) is 11.8. The zero-order valence-electron chi connectivity index (χ0n) is 11.8. The first-order valence-electron chi connectivity index (χ1n) is 6.49. The van der Waals surface area contributed by atoms with Gasteiger partial charge in [0.1, 0.15) is 0 Å². The van der Waals surface area contributed by atoms with Crippen LogP contribution in [-0.2, 0) is 0 Å². The van der Waals surface area contributed by atoms with Crippen LogP contribution in [0.15, 0.2) is 36.4 Å². The van der Waals surface area contributed by atoms with E-state index in [0.717, 1.165) is 24.3 Å². The van der Waals surface area contributed by atoms with Crippen LogP contribution >= 0.6 is 11.6 Å². The molecule has 120 valence electrons. The quantitative estimate of drug-likeness (QED) is 0.675. The minimum atomic E-state index is -1.02. The van der Waals surface area contributed by atoms with Gasteiger partial charge in [-0.05, 0) is 30.7 Å². The molecule has 0 aliphatic heterocycles. The van der Waals surface area contributed by atoms with Crippen molar-refractivity contribution in [2.75, 3.05) is 0 Å². The second kappa shape index (κ2) is 6.70. The third-order valence-corrected chi connectivity index (χ3v) is 3.51. The van der Waals surface area contributed by atoms with Gasteiger partial charge in [0.25, 0.3) is 11.6 Å². The monoisotopic (exact) mass is 340 g/mol. The Labute approximate surface area is 135 Å². The number of benzene rings is 2. The Kier molecular flexibility index (Phi) is 4.90. The molecule has 1 atom stereocenters. The zero-order chi connectivity index (χ0) is 17.1. The lowest BCUT2D eigenvalue weighted by atomic mass is 10.1. The molecule has 1 amide bonds. The number of non-ortho nitro benzene ring substituents is 1. The summed E-state index contributed by atoms with van der Waals surface area (Å²) in [6, 6.07) is 6.14. The van der Waals surface area contributed by atoms with Crippen LogP contribution in [0.2, 0.25) is 5.02 Å². The standard InChI is InChI=1S/C15H11ClF2N2O3/c1-8(9-2-5-13(17)14(18)6-9)19-15(21)11-4-3-10(20(22)23)7-12(11)16/h2-8H,1H3,(H,19,21)/t8-/m1/s1. The highest BCUT2D eigenvalue weighted by Crippen LogP contribution is 2.23. The fourth-order valence-electron chi connectivity index (χ4n) is 1.94. The first-order chi connectivity index (χ1) is 10.8. The third-order valence-electron chi connectivity index (χ3n) is 3.20. The Morgan fingerprint density at radius 3 is 2.48 bits per heavy atom. The van der Waals surface area contributed by atoms with Crippen LogP contribution in [0.5, 0.6) is 0 Å². The molecule has 5 nitrogen and oxygen atoms in total. The molecular weight excluding hydrogens is 330 g/mol. The number of hydrogen-bond acceptors (Lipinski definition) is 3. The van der Waals surface area contributed by atoms with E-state index in [4.69, 9.17) is 11.6 Å². The van der Waals surface area contributed by atoms with E-state index in [0.29, 0.717) is 5.56 Å². The molecule has 1 N–H and O–H groups in total. The summed E-state index contributed by atoms with van der Waals surface area (Å²) in [5, 5.41) is 13.1. The van der Waals surface area contributed by atoms with Crippen LogP contribution < -0.4 is 5.32 Å². The molecule has 0 aliphatic rings. The predicted molar refractivity (Wildman–Crippen MR) is 80.3 cm³/mol. The average molecular weight is 341 g/mol. The summed E-state index contributed by atoms with van der Waals surface area (Å²) in [5.41, 5.74) is 0.183. The van der Waals surface area contributed by atoms with Gasteiger partial charge in [-0.15, -0.1) is 0 Å². The van der Waals surface area contributed by atoms with Gasteiger partial charge >= 0.3 is 0 Å². The second-order valence-electron chi connectivity index (χ2n) is 4.79. The van der Waals surface area contributed by atoms with Gasteiger partial charge in [0.15, 0.2) is 11.6 Å². The van der Waals surface area contributed by atoms with E-state index >= 15 is 0 Å². The summed E-state index contributed by atoms with van der Waals surface area (Å²) in [6.45, 7) is 1.59. The molecule has 0 aliphatic carbocycles. The number of halogens is 3. The largest absolute Gasteiger partial charge is 0.345 e. The van der Waals surface area contributed by atoms with E-state index < -0.39 is 28.5 Å². The molecule has 0 bridgehead atoms. The van der Waals surface area contributed by atoms with Crippen LogP contribution in [0.3, 0.4) is 0 Å². The highest BCUT2D eigenvalue weighted by Gasteiger charge is 2.18. The lowest BCUT2D eigenvalue weighted by Crippen LogP contribution is -2.27. The average Bonchev–Trinajstić information content (AvgIpc) is 2.49. The van der Waals surface area contributed by atoms with Gasteiger partial charge in [0, 0.05) is 12.1 Å². The van der Waals surface area contributed by atoms with Gasteiger partial charge in [-0.1, -0.05) is 17.7 Å². The number of nitro benzene ring substituents is 1. The molecular formula is C15H11ClF2N2O3. The lowest BCUT2D eigenvalue weighted by Gasteiger charge is -2.15. The van der Waals surface area contributed by atoms with E-state index in [1.165, 1.54) is 12.1 Å². The van der Waals surface area contributed by atoms with Crippen molar-refractivity contribution in [1.82, 2.24) is 5.32 Å². The number of nitrogens with zero attached hydrogens (tertiary/aromatic N) is 1. The van der Waals surface area contributed by atoms with Crippen molar-refractivity contribution in [2.24, 2.45) is 0 Å². The van der Waals surface area contributed by atoms with E-state index in [-0.39, 0.29) is 16.3 Å². The topological polar surface area (TPSA) is 72.2 Å². The minimum absolute atomic E-state index is 0.0479. The van der Waals surface area contributed by atoms with Crippen molar-refractivity contribution in [3.05, 3.63) is 74.3 Å². The SMILES string of the molecule is C[C@@H](NC(=O)c1ccc([N+](=O)[O-])cc1Cl)c1ccc(F)c(F)c1. The Balaban J connectivity index is 2.18. The zero-order valence-corrected chi connectivity index (χ0v) is 12.6. The predicted octanol–water partition coefficient (Wildman–Crippen LogP) is 4.02. The first kappa shape index (κ1) is 16.8. The Hall–Kier alpha value is -2.54. The molecule has 2 aromatic rings. The van der Waals surface area contributed by atoms with Crippen molar-refractivity contribution in [3.63, 3.8) is 0 Å². The highest BCUT2D eigenvalue weighted by atomic mass is 35.5. The van der Waals surface area contributed by atoms with Crippen LogP contribution in [0.25, 0.3) is 0 Å². The van der Waals surface area contributed by atoms with Crippen LogP contribution in [0.4, 0.5) is 14.5 Å². The van der Waals surface area contributed by atoms with Gasteiger partial charge in [0.2, 0.25) is 0 Å². The Bertz CT molecular complexity index is 783. The molecule has 0 heterocycles. The number of nitro groups is 1. The van der Waals surface area contributed by atoms with Crippen molar-refractivity contribution >= 4 is 23.2 Å². The summed E-state index contributed by atoms with van der Waals surface area (Å²) in [6.07, 6.45) is 0. The number of carbonyl (C=O) groups excluding carboxylic acids is 1. The molecule has 0 saturated carbocycles. The van der Waals surface area contributed by atoms with E-state index in [9.17, 15) is 23.7 Å². The number of nitrogens with one attached hydrogen (secondary N) is 1. The molecule has 0 spiro atoms. The summed E-state index contributed by atoms with van der Waals surface area (Å²) in [4.78, 5) is 22.2. The summed E-state index contributed by atoms with van der Waals surface area (Å²) < 4.78 is 26.1. The molecule has 0 saturated heterocycles. The molecule has 2 aromatic carbocycles. The van der Waals surface area contributed by atoms with Crippen molar-refractivity contribution < 1.29 is 18.5 Å². The van der Waals surface area contributed by atoms with Gasteiger partial charge < -0.3 is 5.32 Å². The fraction of sp³-hybridized carbons (Fsp3) is 0.133. The molecule has 0 unspecified atom stereocenters. The minimum Gasteiger partial charge on any atom is -0.345 e. The summed E-state index contributed by atoms with van der Waals surface area (Å²) in [5.74, 6) is -2.58. The van der Waals surface area contributed by atoms with Gasteiger partial charge in [-0.25, -0.2) is 8.78 Å². The van der Waals surface area contributed by atoms with E-state index in [1.54, 1.807) is 6.92 Å². The maximum atomic E-state index is 13.2. The van der Waals surface area contributed by atoms with Crippen LogP contribution in [-0.4, -0.2) is 10.8 Å². The maximum Gasteiger partial charge on any atom is 0.270 e. The van der Waals surface area contributed by atoms with Gasteiger partial charge in [-0.3, -0.25) is 14.9 Å². The first-order valence-corrected chi connectivity index (χ1v) is 6.87. The number of amides is 1. The van der Waals surface area contributed by atoms with E-state index in [2.05, 4.69) is 5.32 Å². The number of hydrogen-bond donors (Lipinski definition) is 1. The molecule has 2 rings (SSSR count). The number of rotatable bonds is 4. The lowest BCUT2D eigenvalue weighted by molar-refractivity contribution is -0.384. The van der Waals surface area contributed by atoms with Crippen molar-refractivity contribution in [2.45, 2.75) is 13.0 Å². The smallest absolute Gasteiger partial charge is 0.270 e. The summed E-state index contributed by atoms with van der Waals surface area (Å²) in [7, 11) is 0. The molecule has 8 heteroatoms. The molecule has 0 radical (unpaired) electrons. The maximum absolute atomic E-state index is 13.2. The van der Waals surface area contributed by atoms with Crippen LogP contribution in [0.1, 0.15) is 28.9 Å². The Morgan fingerprint density at radius 1 is 1.22 bits per heavy atom. The fourth-order valence-corrected chi connectivity index (χ4v) is 2.20. The third kappa shape index (κ3) is 3.81.